The molecular formula is C45H55NO11. The number of benzene rings is 2. The monoisotopic (exact) mass is 785 g/mol. The predicted octanol–water partition coefficient (Wildman–Crippen LogP) is 8.44. The van der Waals surface area contributed by atoms with Crippen molar-refractivity contribution in [3.05, 3.63) is 120 Å². The minimum atomic E-state index is -1.55. The molecule has 2 N–H and O–H groups in total. The molecule has 0 saturated heterocycles. The van der Waals surface area contributed by atoms with E-state index in [1.54, 1.807) is 26.0 Å². The van der Waals surface area contributed by atoms with Gasteiger partial charge in [-0.25, -0.2) is 9.59 Å². The van der Waals surface area contributed by atoms with Crippen LogP contribution in [0.4, 0.5) is 0 Å². The number of carboxylic acid groups (broad SMARTS) is 1. The number of para-hydroxylation sites is 2. The Hall–Kier alpha value is -6.04. The van der Waals surface area contributed by atoms with Gasteiger partial charge in [0.1, 0.15) is 29.2 Å². The van der Waals surface area contributed by atoms with Crippen LogP contribution >= 0.6 is 0 Å². The van der Waals surface area contributed by atoms with Crippen LogP contribution < -0.4 is 14.8 Å². The first-order valence-corrected chi connectivity index (χ1v) is 19.0. The van der Waals surface area contributed by atoms with E-state index in [0.717, 1.165) is 32.1 Å². The lowest BCUT2D eigenvalue weighted by Gasteiger charge is -2.32. The molecule has 2 aromatic carbocycles. The average Bonchev–Trinajstić information content (AvgIpc) is 3.17. The summed E-state index contributed by atoms with van der Waals surface area (Å²) in [7, 11) is 0. The summed E-state index contributed by atoms with van der Waals surface area (Å²) in [5.41, 5.74) is -1.56. The molecule has 0 fully saturated rings. The van der Waals surface area contributed by atoms with Crippen molar-refractivity contribution < 1.29 is 52.8 Å². The minimum absolute atomic E-state index is 0.0429. The van der Waals surface area contributed by atoms with Crippen LogP contribution in [0.5, 0.6) is 11.5 Å². The number of rotatable bonds is 25. The molecule has 0 heterocycles. The molecular weight excluding hydrogens is 730 g/mol. The summed E-state index contributed by atoms with van der Waals surface area (Å²) in [5, 5.41) is 11.5. The maximum absolute atomic E-state index is 13.6. The number of aliphatic carboxylic acids is 1. The van der Waals surface area contributed by atoms with Gasteiger partial charge in [-0.1, -0.05) is 106 Å². The van der Waals surface area contributed by atoms with Gasteiger partial charge in [0.2, 0.25) is 0 Å². The summed E-state index contributed by atoms with van der Waals surface area (Å²) in [6.07, 6.45) is 25.1. The van der Waals surface area contributed by atoms with Gasteiger partial charge in [-0.15, -0.1) is 0 Å². The molecule has 2 rings (SSSR count). The topological polar surface area (TPSA) is 172 Å². The van der Waals surface area contributed by atoms with Crippen molar-refractivity contribution in [1.82, 2.24) is 5.32 Å². The molecule has 0 spiro atoms. The second-order valence-corrected chi connectivity index (χ2v) is 13.4. The van der Waals surface area contributed by atoms with Crippen molar-refractivity contribution in [2.45, 2.75) is 91.6 Å². The van der Waals surface area contributed by atoms with Crippen LogP contribution in [-0.4, -0.2) is 60.1 Å². The fraction of sp³-hybridized carbons (Fsp3) is 0.378. The molecule has 0 unspecified atom stereocenters. The molecule has 0 bridgehead atoms. The molecule has 1 amide bonds. The van der Waals surface area contributed by atoms with Crippen LogP contribution in [0.2, 0.25) is 0 Å². The molecule has 2 aromatic rings. The lowest BCUT2D eigenvalue weighted by molar-refractivity contribution is -0.153. The second kappa shape index (κ2) is 26.7. The van der Waals surface area contributed by atoms with Crippen molar-refractivity contribution in [2.75, 3.05) is 13.2 Å². The fourth-order valence-corrected chi connectivity index (χ4v) is 5.03. The predicted molar refractivity (Wildman–Crippen MR) is 217 cm³/mol. The van der Waals surface area contributed by atoms with E-state index in [9.17, 15) is 28.8 Å². The van der Waals surface area contributed by atoms with Crippen molar-refractivity contribution >= 4 is 35.8 Å². The average molecular weight is 786 g/mol. The van der Waals surface area contributed by atoms with E-state index in [4.69, 9.17) is 24.1 Å². The van der Waals surface area contributed by atoms with Crippen LogP contribution in [0.3, 0.4) is 0 Å². The van der Waals surface area contributed by atoms with Crippen molar-refractivity contribution in [2.24, 2.45) is 5.41 Å². The number of amides is 1. The van der Waals surface area contributed by atoms with E-state index in [1.807, 2.05) is 12.2 Å². The summed E-state index contributed by atoms with van der Waals surface area (Å²) in [6.45, 7) is 5.87. The summed E-state index contributed by atoms with van der Waals surface area (Å²) in [5.74, 6) is -5.32. The van der Waals surface area contributed by atoms with E-state index in [0.29, 0.717) is 12.8 Å². The van der Waals surface area contributed by atoms with Gasteiger partial charge < -0.3 is 29.4 Å². The van der Waals surface area contributed by atoms with E-state index < -0.39 is 47.3 Å². The van der Waals surface area contributed by atoms with E-state index in [2.05, 4.69) is 60.8 Å². The quantitative estimate of drug-likeness (QED) is 0.0428. The van der Waals surface area contributed by atoms with Crippen LogP contribution in [0, 0.1) is 5.41 Å². The molecule has 0 aliphatic carbocycles. The third kappa shape index (κ3) is 19.4. The van der Waals surface area contributed by atoms with E-state index in [1.165, 1.54) is 43.3 Å². The van der Waals surface area contributed by atoms with Crippen LogP contribution in [0.1, 0.15) is 106 Å². The zero-order chi connectivity index (χ0) is 41.9. The number of carbonyl (C=O) groups is 6. The highest BCUT2D eigenvalue weighted by Gasteiger charge is 2.40. The number of carbonyl (C=O) groups excluding carboxylic acids is 5. The van der Waals surface area contributed by atoms with Gasteiger partial charge >= 0.3 is 29.8 Å². The second-order valence-electron chi connectivity index (χ2n) is 13.4. The van der Waals surface area contributed by atoms with Gasteiger partial charge in [-0.3, -0.25) is 19.2 Å². The molecule has 0 aromatic heterocycles. The maximum Gasteiger partial charge on any atom is 0.347 e. The van der Waals surface area contributed by atoms with Gasteiger partial charge in [0.25, 0.3) is 5.91 Å². The Morgan fingerprint density at radius 1 is 0.702 bits per heavy atom. The summed E-state index contributed by atoms with van der Waals surface area (Å²) in [4.78, 5) is 75.3. The highest BCUT2D eigenvalue weighted by molar-refractivity contribution is 5.99. The van der Waals surface area contributed by atoms with Crippen molar-refractivity contribution in [1.29, 1.82) is 0 Å². The Morgan fingerprint density at radius 3 is 1.75 bits per heavy atom. The van der Waals surface area contributed by atoms with Gasteiger partial charge in [0.05, 0.1) is 6.42 Å². The van der Waals surface area contributed by atoms with Crippen LogP contribution in [-0.2, 0) is 28.7 Å². The Morgan fingerprint density at radius 2 is 1.21 bits per heavy atom. The smallest absolute Gasteiger partial charge is 0.347 e. The number of hydrogen-bond acceptors (Lipinski definition) is 10. The first kappa shape index (κ1) is 47.1. The molecule has 0 aliphatic heterocycles. The molecule has 0 saturated carbocycles. The molecule has 57 heavy (non-hydrogen) atoms. The molecule has 306 valence electrons. The lowest BCUT2D eigenvalue weighted by Crippen LogP contribution is -2.49. The first-order chi connectivity index (χ1) is 27.4. The maximum atomic E-state index is 13.6. The third-order valence-corrected chi connectivity index (χ3v) is 8.00. The number of allylic oxidation sites excluding steroid dienone is 10. The lowest BCUT2D eigenvalue weighted by atomic mass is 9.86. The highest BCUT2D eigenvalue weighted by atomic mass is 16.6. The Kier molecular flexibility index (Phi) is 22.1. The van der Waals surface area contributed by atoms with Crippen LogP contribution in [0.15, 0.2) is 109 Å². The minimum Gasteiger partial charge on any atom is -0.481 e. The number of carboxylic acids is 1. The van der Waals surface area contributed by atoms with Crippen molar-refractivity contribution in [3.8, 4) is 11.5 Å². The number of ether oxygens (including phenoxy) is 4. The SMILES string of the molecule is CCC=CCC=CCC=CCC=CCC=CCCCC(=O)OCC(C)(C)[C@@H](OC(=O)c1ccccc1OC(=O)c1ccccc1OC(C)=O)C(=O)NCCC(=O)O. The molecule has 12 heteroatoms. The largest absolute Gasteiger partial charge is 0.481 e. The first-order valence-electron chi connectivity index (χ1n) is 19.0. The molecule has 12 nitrogen and oxygen atoms in total. The highest BCUT2D eigenvalue weighted by Crippen LogP contribution is 2.29. The molecule has 0 radical (unpaired) electrons. The molecule has 0 aliphatic rings. The number of nitrogens with one attached hydrogen (secondary N) is 1. The summed E-state index contributed by atoms with van der Waals surface area (Å²) >= 11 is 0. The van der Waals surface area contributed by atoms with E-state index >= 15 is 0 Å². The summed E-state index contributed by atoms with van der Waals surface area (Å²) in [6, 6.07) is 11.6. The number of esters is 4. The standard InChI is InChI=1S/C45H55NO11/c1-5-6-7-8-9-10-11-12-13-14-15-16-17-18-19-20-21-30-40(50)54-33-45(3,4)41(42(51)46-32-31-39(48)49)57-44(53)36-27-23-25-29-38(36)56-43(52)35-26-22-24-28-37(35)55-34(2)47/h6-7,9-10,12-13,15-16,18-19,22-29,41H,5,8,11,14,17,20-21,30-33H2,1-4H3,(H,46,51)(H,48,49)/t41-/m0/s1. The van der Waals surface area contributed by atoms with Gasteiger partial charge in [-0.05, 0) is 69.2 Å². The molecule has 1 atom stereocenters. The summed E-state index contributed by atoms with van der Waals surface area (Å²) < 4.78 is 21.8. The van der Waals surface area contributed by atoms with Crippen molar-refractivity contribution in [3.63, 3.8) is 0 Å². The van der Waals surface area contributed by atoms with E-state index in [-0.39, 0.29) is 48.6 Å². The van der Waals surface area contributed by atoms with Gasteiger partial charge in [-0.2, -0.15) is 0 Å². The van der Waals surface area contributed by atoms with Gasteiger partial charge in [0.15, 0.2) is 6.10 Å². The number of unbranched alkanes of at least 4 members (excludes halogenated alkanes) is 1. The Balaban J connectivity index is 1.97. The Labute approximate surface area is 335 Å². The zero-order valence-corrected chi connectivity index (χ0v) is 33.3. The van der Waals surface area contributed by atoms with Crippen LogP contribution in [0.25, 0.3) is 0 Å². The van der Waals surface area contributed by atoms with Gasteiger partial charge in [0, 0.05) is 25.3 Å². The normalized spacial score (nSPS) is 12.4. The fourth-order valence-electron chi connectivity index (χ4n) is 5.03. The number of hydrogen-bond donors (Lipinski definition) is 2. The zero-order valence-electron chi connectivity index (χ0n) is 33.3. The Bertz CT molecular complexity index is 1780. The third-order valence-electron chi connectivity index (χ3n) is 8.00.